The van der Waals surface area contributed by atoms with E-state index in [1.807, 2.05) is 19.1 Å². The number of non-ortho nitro benzene ring substituents is 1. The topological polar surface area (TPSA) is 97.8 Å². The highest BCUT2D eigenvalue weighted by Gasteiger charge is 2.15. The molecule has 6 nitrogen and oxygen atoms in total. The summed E-state index contributed by atoms with van der Waals surface area (Å²) in [7, 11) is 0. The normalized spacial score (nSPS) is 10.8. The van der Waals surface area contributed by atoms with Crippen molar-refractivity contribution in [2.45, 2.75) is 6.92 Å². The molecular weight excluding hydrogens is 256 g/mol. The zero-order valence-electron chi connectivity index (χ0n) is 10.8. The molecule has 0 fully saturated rings. The molecule has 1 aromatic heterocycles. The maximum Gasteiger partial charge on any atom is 0.270 e. The molecule has 0 aliphatic rings. The minimum Gasteiger partial charge on any atom is -0.399 e. The molecule has 0 saturated heterocycles. The number of fused-ring (bicyclic) bond motifs is 1. The van der Waals surface area contributed by atoms with Gasteiger partial charge in [0.25, 0.3) is 5.69 Å². The van der Waals surface area contributed by atoms with E-state index in [9.17, 15) is 10.1 Å². The van der Waals surface area contributed by atoms with Crippen LogP contribution in [0, 0.1) is 17.0 Å². The first-order valence-electron chi connectivity index (χ1n) is 6.05. The van der Waals surface area contributed by atoms with Crippen molar-refractivity contribution in [2.75, 3.05) is 5.73 Å². The van der Waals surface area contributed by atoms with Crippen LogP contribution in [0.4, 0.5) is 11.4 Å². The van der Waals surface area contributed by atoms with Crippen LogP contribution < -0.4 is 5.73 Å². The number of nitrogens with one attached hydrogen (secondary N) is 1. The van der Waals surface area contributed by atoms with Crippen LogP contribution in [0.25, 0.3) is 22.2 Å². The van der Waals surface area contributed by atoms with Gasteiger partial charge in [0.1, 0.15) is 5.69 Å². The van der Waals surface area contributed by atoms with Crippen molar-refractivity contribution in [3.63, 3.8) is 0 Å². The van der Waals surface area contributed by atoms with Crippen LogP contribution in [0.2, 0.25) is 0 Å². The Hall–Kier alpha value is -2.89. The van der Waals surface area contributed by atoms with E-state index in [1.54, 1.807) is 12.1 Å². The van der Waals surface area contributed by atoms with E-state index in [0.717, 1.165) is 22.0 Å². The first kappa shape index (κ1) is 12.2. The lowest BCUT2D eigenvalue weighted by molar-refractivity contribution is -0.384. The van der Waals surface area contributed by atoms with E-state index in [0.29, 0.717) is 11.4 Å². The Bertz CT molecular complexity index is 823. The molecule has 0 radical (unpaired) electrons. The van der Waals surface area contributed by atoms with Gasteiger partial charge in [-0.2, -0.15) is 5.10 Å². The van der Waals surface area contributed by atoms with Gasteiger partial charge < -0.3 is 5.73 Å². The predicted molar refractivity (Wildman–Crippen MR) is 77.3 cm³/mol. The molecule has 0 spiro atoms. The van der Waals surface area contributed by atoms with Crippen LogP contribution in [-0.2, 0) is 0 Å². The van der Waals surface area contributed by atoms with Crippen molar-refractivity contribution in [1.82, 2.24) is 10.2 Å². The lowest BCUT2D eigenvalue weighted by atomic mass is 10.0. The van der Waals surface area contributed by atoms with Crippen molar-refractivity contribution >= 4 is 22.3 Å². The molecule has 0 bridgehead atoms. The van der Waals surface area contributed by atoms with E-state index in [1.165, 1.54) is 12.1 Å². The Labute approximate surface area is 114 Å². The molecule has 0 aliphatic carbocycles. The third-order valence-electron chi connectivity index (χ3n) is 3.27. The summed E-state index contributed by atoms with van der Waals surface area (Å²) in [6.07, 6.45) is 0. The van der Waals surface area contributed by atoms with Gasteiger partial charge in [0.2, 0.25) is 0 Å². The number of nitro groups is 1. The molecule has 2 aromatic carbocycles. The molecule has 0 aliphatic heterocycles. The minimum atomic E-state index is -0.411. The van der Waals surface area contributed by atoms with Crippen LogP contribution in [0.3, 0.4) is 0 Å². The van der Waals surface area contributed by atoms with E-state index >= 15 is 0 Å². The molecule has 3 rings (SSSR count). The molecular formula is C14H12N4O2. The van der Waals surface area contributed by atoms with Gasteiger partial charge in [-0.1, -0.05) is 6.07 Å². The van der Waals surface area contributed by atoms with Gasteiger partial charge in [-0.3, -0.25) is 15.2 Å². The van der Waals surface area contributed by atoms with E-state index in [4.69, 9.17) is 5.73 Å². The number of hydrogen-bond acceptors (Lipinski definition) is 4. The average Bonchev–Trinajstić information content (AvgIpc) is 2.82. The number of nitrogen functional groups attached to an aromatic ring is 1. The second-order valence-electron chi connectivity index (χ2n) is 4.63. The van der Waals surface area contributed by atoms with Crippen molar-refractivity contribution < 1.29 is 4.92 Å². The minimum absolute atomic E-state index is 0.0469. The van der Waals surface area contributed by atoms with E-state index in [-0.39, 0.29) is 5.69 Å². The molecule has 100 valence electrons. The number of nitro benzene ring substituents is 1. The Kier molecular flexibility index (Phi) is 2.64. The number of aromatic nitrogens is 2. The molecule has 0 saturated carbocycles. The Balaban J connectivity index is 2.27. The molecule has 20 heavy (non-hydrogen) atoms. The summed E-state index contributed by atoms with van der Waals surface area (Å²) in [5.41, 5.74) is 9.65. The second-order valence-corrected chi connectivity index (χ2v) is 4.63. The summed E-state index contributed by atoms with van der Waals surface area (Å²) < 4.78 is 0. The third kappa shape index (κ3) is 1.87. The fraction of sp³-hybridized carbons (Fsp3) is 0.0714. The van der Waals surface area contributed by atoms with Crippen molar-refractivity contribution in [3.05, 3.63) is 52.1 Å². The smallest absolute Gasteiger partial charge is 0.270 e. The third-order valence-corrected chi connectivity index (χ3v) is 3.27. The summed E-state index contributed by atoms with van der Waals surface area (Å²) >= 11 is 0. The number of rotatable bonds is 2. The zero-order valence-corrected chi connectivity index (χ0v) is 10.8. The maximum atomic E-state index is 10.9. The molecule has 0 amide bonds. The van der Waals surface area contributed by atoms with Crippen LogP contribution in [0.1, 0.15) is 5.56 Å². The standard InChI is InChI=1S/C14H12N4O2/c1-8-2-4-10(18(19)20)7-11(8)14-12-6-9(15)3-5-13(12)16-17-14/h2-7H,15H2,1H3,(H,16,17). The van der Waals surface area contributed by atoms with Crippen LogP contribution in [0.15, 0.2) is 36.4 Å². The van der Waals surface area contributed by atoms with Gasteiger partial charge in [0.05, 0.1) is 10.4 Å². The Morgan fingerprint density at radius 3 is 2.80 bits per heavy atom. The quantitative estimate of drug-likeness (QED) is 0.424. The summed E-state index contributed by atoms with van der Waals surface area (Å²) in [5, 5.41) is 18.9. The van der Waals surface area contributed by atoms with E-state index in [2.05, 4.69) is 10.2 Å². The Morgan fingerprint density at radius 1 is 1.25 bits per heavy atom. The molecule has 3 aromatic rings. The van der Waals surface area contributed by atoms with E-state index < -0.39 is 4.92 Å². The SMILES string of the molecule is Cc1ccc([N+](=O)[O-])cc1-c1n[nH]c2ccc(N)cc12. The maximum absolute atomic E-state index is 10.9. The number of aryl methyl sites for hydroxylation is 1. The summed E-state index contributed by atoms with van der Waals surface area (Å²) in [5.74, 6) is 0. The molecule has 0 atom stereocenters. The lowest BCUT2D eigenvalue weighted by Crippen LogP contribution is -1.91. The highest BCUT2D eigenvalue weighted by Crippen LogP contribution is 2.32. The van der Waals surface area contributed by atoms with Crippen molar-refractivity contribution in [2.24, 2.45) is 0 Å². The number of nitrogens with zero attached hydrogens (tertiary/aromatic N) is 2. The van der Waals surface area contributed by atoms with Gasteiger partial charge in [-0.15, -0.1) is 0 Å². The van der Waals surface area contributed by atoms with Crippen LogP contribution in [0.5, 0.6) is 0 Å². The number of H-pyrrole nitrogens is 1. The first-order valence-corrected chi connectivity index (χ1v) is 6.05. The highest BCUT2D eigenvalue weighted by atomic mass is 16.6. The number of benzene rings is 2. The van der Waals surface area contributed by atoms with Gasteiger partial charge in [0, 0.05) is 28.8 Å². The van der Waals surface area contributed by atoms with Gasteiger partial charge in [0.15, 0.2) is 0 Å². The molecule has 0 unspecified atom stereocenters. The first-order chi connectivity index (χ1) is 9.56. The predicted octanol–water partition coefficient (Wildman–Crippen LogP) is 3.03. The Morgan fingerprint density at radius 2 is 2.05 bits per heavy atom. The fourth-order valence-corrected chi connectivity index (χ4v) is 2.22. The number of anilines is 1. The van der Waals surface area contributed by atoms with Gasteiger partial charge in [-0.05, 0) is 30.7 Å². The largest absolute Gasteiger partial charge is 0.399 e. The zero-order chi connectivity index (χ0) is 14.3. The summed E-state index contributed by atoms with van der Waals surface area (Å²) in [6.45, 7) is 1.89. The van der Waals surface area contributed by atoms with Crippen LogP contribution >= 0.6 is 0 Å². The number of aromatic amines is 1. The summed E-state index contributed by atoms with van der Waals surface area (Å²) in [6, 6.07) is 10.2. The number of nitrogens with two attached hydrogens (primary N) is 1. The lowest BCUT2D eigenvalue weighted by Gasteiger charge is -2.03. The van der Waals surface area contributed by atoms with Crippen LogP contribution in [-0.4, -0.2) is 15.1 Å². The van der Waals surface area contributed by atoms with Crippen molar-refractivity contribution in [3.8, 4) is 11.3 Å². The molecule has 3 N–H and O–H groups in total. The average molecular weight is 268 g/mol. The fourth-order valence-electron chi connectivity index (χ4n) is 2.22. The summed E-state index contributed by atoms with van der Waals surface area (Å²) in [4.78, 5) is 10.5. The molecule has 1 heterocycles. The second kappa shape index (κ2) is 4.34. The monoisotopic (exact) mass is 268 g/mol. The highest BCUT2D eigenvalue weighted by molar-refractivity contribution is 5.95. The van der Waals surface area contributed by atoms with Gasteiger partial charge >= 0.3 is 0 Å². The number of hydrogen-bond donors (Lipinski definition) is 2. The van der Waals surface area contributed by atoms with Crippen molar-refractivity contribution in [1.29, 1.82) is 0 Å². The molecule has 6 heteroatoms. The van der Waals surface area contributed by atoms with Gasteiger partial charge in [-0.25, -0.2) is 0 Å².